The lowest BCUT2D eigenvalue weighted by atomic mass is 9.84. The first-order valence-corrected chi connectivity index (χ1v) is 10.9. The second-order valence-corrected chi connectivity index (χ2v) is 8.33. The van der Waals surface area contributed by atoms with Crippen LogP contribution in [-0.2, 0) is 4.79 Å². The number of anilines is 1. The predicted octanol–water partition coefficient (Wildman–Crippen LogP) is 4.89. The molecule has 2 heterocycles. The fraction of sp³-hybridized carbons (Fsp3) is 0.476. The molecule has 0 amide bonds. The normalized spacial score (nSPS) is 18.9. The number of aryl methyl sites for hydroxylation is 1. The summed E-state index contributed by atoms with van der Waals surface area (Å²) in [5.74, 6) is 2.02. The standard InChI is InChI=1S/C21H26N4OS/c1-3-4-7-13-27-21-23-20-22-16-11-8-12-17(26)18(16)19(25(20)24-21)15-10-6-5-9-14(15)2/h5-6,9-10,19H,3-4,7-8,11-13H2,1-2H3,(H,22,23,24)/t19-/m0/s1. The molecule has 0 bridgehead atoms. The molecule has 27 heavy (non-hydrogen) atoms. The molecule has 1 N–H and O–H groups in total. The van der Waals surface area contributed by atoms with Crippen LogP contribution in [0, 0.1) is 6.92 Å². The van der Waals surface area contributed by atoms with Crippen LogP contribution < -0.4 is 5.32 Å². The fourth-order valence-corrected chi connectivity index (χ4v) is 4.72. The van der Waals surface area contributed by atoms with E-state index in [2.05, 4.69) is 31.3 Å². The Hall–Kier alpha value is -2.08. The molecule has 1 aliphatic heterocycles. The van der Waals surface area contributed by atoms with Gasteiger partial charge in [-0.15, -0.1) is 5.10 Å². The number of thioether (sulfide) groups is 1. The zero-order valence-electron chi connectivity index (χ0n) is 16.0. The number of unbranched alkanes of at least 4 members (excludes halogenated alkanes) is 2. The molecule has 0 unspecified atom stereocenters. The van der Waals surface area contributed by atoms with Crippen LogP contribution in [0.25, 0.3) is 0 Å². The molecule has 1 aromatic heterocycles. The van der Waals surface area contributed by atoms with Gasteiger partial charge in [0.15, 0.2) is 5.78 Å². The molecule has 0 spiro atoms. The molecule has 1 atom stereocenters. The van der Waals surface area contributed by atoms with Crippen LogP contribution in [0.15, 0.2) is 40.7 Å². The minimum Gasteiger partial charge on any atom is -0.328 e. The van der Waals surface area contributed by atoms with E-state index in [1.165, 1.54) is 24.8 Å². The molecule has 142 valence electrons. The number of carbonyl (C=O) groups is 1. The second kappa shape index (κ2) is 7.89. The minimum atomic E-state index is -0.178. The number of hydrogen-bond donors (Lipinski definition) is 1. The topological polar surface area (TPSA) is 59.8 Å². The number of hydrogen-bond acceptors (Lipinski definition) is 5. The first-order valence-electron chi connectivity index (χ1n) is 9.87. The average molecular weight is 383 g/mol. The summed E-state index contributed by atoms with van der Waals surface area (Å²) in [4.78, 5) is 17.5. The summed E-state index contributed by atoms with van der Waals surface area (Å²) in [6.45, 7) is 4.31. The highest BCUT2D eigenvalue weighted by Crippen LogP contribution is 2.41. The van der Waals surface area contributed by atoms with Crippen molar-refractivity contribution in [3.63, 3.8) is 0 Å². The van der Waals surface area contributed by atoms with Gasteiger partial charge in [0.1, 0.15) is 6.04 Å². The van der Waals surface area contributed by atoms with E-state index < -0.39 is 0 Å². The summed E-state index contributed by atoms with van der Waals surface area (Å²) >= 11 is 1.70. The molecule has 1 aromatic carbocycles. The van der Waals surface area contributed by atoms with Crippen molar-refractivity contribution in [3.8, 4) is 0 Å². The molecule has 2 aliphatic rings. The molecule has 1 aliphatic carbocycles. The molecule has 5 nitrogen and oxygen atoms in total. The Balaban J connectivity index is 1.73. The number of aromatic nitrogens is 3. The van der Waals surface area contributed by atoms with Gasteiger partial charge in [-0.05, 0) is 37.3 Å². The van der Waals surface area contributed by atoms with E-state index in [-0.39, 0.29) is 11.8 Å². The zero-order valence-corrected chi connectivity index (χ0v) is 16.8. The van der Waals surface area contributed by atoms with Gasteiger partial charge in [-0.2, -0.15) is 4.98 Å². The number of benzene rings is 1. The molecule has 0 saturated carbocycles. The maximum Gasteiger partial charge on any atom is 0.227 e. The van der Waals surface area contributed by atoms with Gasteiger partial charge in [0, 0.05) is 23.4 Å². The molecule has 6 heteroatoms. The van der Waals surface area contributed by atoms with E-state index in [4.69, 9.17) is 10.1 Å². The largest absolute Gasteiger partial charge is 0.328 e. The molecule has 2 aromatic rings. The number of rotatable bonds is 6. The van der Waals surface area contributed by atoms with Gasteiger partial charge in [0.2, 0.25) is 11.1 Å². The number of allylic oxidation sites excluding steroid dienone is 2. The van der Waals surface area contributed by atoms with Crippen molar-refractivity contribution in [1.82, 2.24) is 14.8 Å². The van der Waals surface area contributed by atoms with E-state index in [1.807, 2.05) is 16.8 Å². The van der Waals surface area contributed by atoms with Crippen LogP contribution in [0.5, 0.6) is 0 Å². The van der Waals surface area contributed by atoms with Crippen molar-refractivity contribution in [2.45, 2.75) is 63.6 Å². The molecule has 0 saturated heterocycles. The van der Waals surface area contributed by atoms with Gasteiger partial charge in [-0.3, -0.25) is 4.79 Å². The van der Waals surface area contributed by atoms with Gasteiger partial charge < -0.3 is 5.32 Å². The van der Waals surface area contributed by atoms with E-state index in [0.717, 1.165) is 46.5 Å². The first-order chi connectivity index (χ1) is 13.2. The summed E-state index contributed by atoms with van der Waals surface area (Å²) in [5.41, 5.74) is 4.21. The highest BCUT2D eigenvalue weighted by atomic mass is 32.2. The van der Waals surface area contributed by atoms with Crippen molar-refractivity contribution < 1.29 is 4.79 Å². The Morgan fingerprint density at radius 3 is 2.93 bits per heavy atom. The Morgan fingerprint density at radius 2 is 2.11 bits per heavy atom. The number of nitrogens with one attached hydrogen (secondary N) is 1. The summed E-state index contributed by atoms with van der Waals surface area (Å²) in [7, 11) is 0. The number of ketones is 1. The van der Waals surface area contributed by atoms with Crippen LogP contribution in [0.3, 0.4) is 0 Å². The van der Waals surface area contributed by atoms with Crippen molar-refractivity contribution in [2.75, 3.05) is 11.1 Å². The van der Waals surface area contributed by atoms with Crippen LogP contribution >= 0.6 is 11.8 Å². The number of nitrogens with zero attached hydrogens (tertiary/aromatic N) is 3. The van der Waals surface area contributed by atoms with Crippen molar-refractivity contribution in [1.29, 1.82) is 0 Å². The average Bonchev–Trinajstić information content (AvgIpc) is 3.07. The van der Waals surface area contributed by atoms with Crippen molar-refractivity contribution in [3.05, 3.63) is 46.7 Å². The molecule has 4 rings (SSSR count). The Kier molecular flexibility index (Phi) is 5.34. The highest BCUT2D eigenvalue weighted by molar-refractivity contribution is 7.99. The fourth-order valence-electron chi connectivity index (χ4n) is 3.89. The lowest BCUT2D eigenvalue weighted by molar-refractivity contribution is -0.116. The lowest BCUT2D eigenvalue weighted by Gasteiger charge is -2.32. The van der Waals surface area contributed by atoms with Crippen LogP contribution in [-0.4, -0.2) is 26.3 Å². The van der Waals surface area contributed by atoms with Gasteiger partial charge in [-0.25, -0.2) is 4.68 Å². The number of fused-ring (bicyclic) bond motifs is 1. The molecular formula is C21H26N4OS. The molecule has 0 radical (unpaired) electrons. The monoisotopic (exact) mass is 382 g/mol. The van der Waals surface area contributed by atoms with E-state index in [0.29, 0.717) is 6.42 Å². The third-order valence-electron chi connectivity index (χ3n) is 5.31. The Labute approximate surface area is 164 Å². The quantitative estimate of drug-likeness (QED) is 0.569. The summed E-state index contributed by atoms with van der Waals surface area (Å²) in [5, 5.41) is 8.99. The Bertz CT molecular complexity index is 886. The molecule has 0 fully saturated rings. The van der Waals surface area contributed by atoms with Crippen LogP contribution in [0.1, 0.15) is 62.6 Å². The van der Waals surface area contributed by atoms with E-state index >= 15 is 0 Å². The SMILES string of the molecule is CCCCCSc1nc2n(n1)[C@@H](c1ccccc1C)C1=C(CCCC1=O)N2. The summed E-state index contributed by atoms with van der Waals surface area (Å²) in [6, 6.07) is 8.10. The summed E-state index contributed by atoms with van der Waals surface area (Å²) < 4.78 is 1.92. The minimum absolute atomic E-state index is 0.178. The molecular weight excluding hydrogens is 356 g/mol. The summed E-state index contributed by atoms with van der Waals surface area (Å²) in [6.07, 6.45) is 6.03. The van der Waals surface area contributed by atoms with Crippen molar-refractivity contribution >= 4 is 23.5 Å². The van der Waals surface area contributed by atoms with Gasteiger partial charge in [0.05, 0.1) is 0 Å². The number of carbonyl (C=O) groups excluding carboxylic acids is 1. The number of Topliss-reactive ketones (excluding diaryl/α,β-unsaturated/α-hetero) is 1. The highest BCUT2D eigenvalue weighted by Gasteiger charge is 2.37. The van der Waals surface area contributed by atoms with Crippen LogP contribution in [0.2, 0.25) is 0 Å². The van der Waals surface area contributed by atoms with Gasteiger partial charge >= 0.3 is 0 Å². The maximum absolute atomic E-state index is 12.8. The van der Waals surface area contributed by atoms with Gasteiger partial charge in [-0.1, -0.05) is 55.8 Å². The third kappa shape index (κ3) is 3.55. The van der Waals surface area contributed by atoms with Gasteiger partial charge in [0.25, 0.3) is 0 Å². The maximum atomic E-state index is 12.8. The zero-order chi connectivity index (χ0) is 18.8. The first kappa shape index (κ1) is 18.3. The van der Waals surface area contributed by atoms with Crippen LogP contribution in [0.4, 0.5) is 5.95 Å². The van der Waals surface area contributed by atoms with Crippen molar-refractivity contribution in [2.24, 2.45) is 0 Å². The second-order valence-electron chi connectivity index (χ2n) is 7.27. The smallest absolute Gasteiger partial charge is 0.227 e. The Morgan fingerprint density at radius 1 is 1.26 bits per heavy atom. The lowest BCUT2D eigenvalue weighted by Crippen LogP contribution is -2.31. The predicted molar refractivity (Wildman–Crippen MR) is 109 cm³/mol. The van der Waals surface area contributed by atoms with E-state index in [9.17, 15) is 4.79 Å². The third-order valence-corrected chi connectivity index (χ3v) is 6.23. The van der Waals surface area contributed by atoms with E-state index in [1.54, 1.807) is 11.8 Å².